The summed E-state index contributed by atoms with van der Waals surface area (Å²) in [5.41, 5.74) is 1.03. The van der Waals surface area contributed by atoms with Crippen molar-refractivity contribution in [3.8, 4) is 0 Å². The van der Waals surface area contributed by atoms with Gasteiger partial charge in [-0.15, -0.1) is 0 Å². The molecule has 0 radical (unpaired) electrons. The van der Waals surface area contributed by atoms with Crippen LogP contribution in [0.2, 0.25) is 0 Å². The van der Waals surface area contributed by atoms with Crippen LogP contribution in [0.15, 0.2) is 35.6 Å². The zero-order chi connectivity index (χ0) is 9.26. The number of fused-ring (bicyclic) bond motifs is 1. The molecule has 68 valence electrons. The normalized spacial score (nSPS) is 25.6. The van der Waals surface area contributed by atoms with E-state index < -0.39 is 0 Å². The predicted octanol–water partition coefficient (Wildman–Crippen LogP) is 1.33. The zero-order valence-corrected chi connectivity index (χ0v) is 7.32. The molecule has 0 N–H and O–H groups in total. The molecular weight excluding hydrogens is 168 g/mol. The molecule has 0 amide bonds. The molecule has 0 spiro atoms. The van der Waals surface area contributed by atoms with Crippen molar-refractivity contribution in [2.45, 2.75) is 12.5 Å². The van der Waals surface area contributed by atoms with E-state index in [-0.39, 0.29) is 12.1 Å². The van der Waals surface area contributed by atoms with E-state index >= 15 is 0 Å². The molecule has 0 fully saturated rings. The third-order valence-electron chi connectivity index (χ3n) is 2.08. The first-order valence-corrected chi connectivity index (χ1v) is 4.13. The Hall–Kier alpha value is -1.51. The highest BCUT2D eigenvalue weighted by molar-refractivity contribution is 5.74. The summed E-state index contributed by atoms with van der Waals surface area (Å²) in [6.07, 6.45) is 7.57. The quantitative estimate of drug-likeness (QED) is 0.568. The molecule has 0 saturated carbocycles. The summed E-state index contributed by atoms with van der Waals surface area (Å²) in [6, 6.07) is 0. The first-order valence-electron chi connectivity index (χ1n) is 4.13. The highest BCUT2D eigenvalue weighted by Gasteiger charge is 2.22. The van der Waals surface area contributed by atoms with Crippen LogP contribution in [0, 0.1) is 0 Å². The maximum Gasteiger partial charge on any atom is 0.310 e. The van der Waals surface area contributed by atoms with Gasteiger partial charge in [0, 0.05) is 6.08 Å². The molecule has 2 aliphatic rings. The lowest BCUT2D eigenvalue weighted by molar-refractivity contribution is -0.145. The highest BCUT2D eigenvalue weighted by Crippen LogP contribution is 2.23. The number of allylic oxidation sites excluding steroid dienone is 1. The van der Waals surface area contributed by atoms with E-state index in [1.165, 1.54) is 0 Å². The van der Waals surface area contributed by atoms with E-state index in [1.54, 1.807) is 13.2 Å². The Kier molecular flexibility index (Phi) is 1.93. The molecule has 1 aliphatic carbocycles. The van der Waals surface area contributed by atoms with Gasteiger partial charge in [0.05, 0.1) is 13.5 Å². The molecule has 1 unspecified atom stereocenters. The van der Waals surface area contributed by atoms with Crippen molar-refractivity contribution < 1.29 is 14.3 Å². The first-order chi connectivity index (χ1) is 6.29. The second-order valence-corrected chi connectivity index (χ2v) is 2.93. The summed E-state index contributed by atoms with van der Waals surface area (Å²) in [5, 5.41) is 0. The molecular formula is C10H10O3. The second kappa shape index (κ2) is 3.09. The summed E-state index contributed by atoms with van der Waals surface area (Å²) in [6.45, 7) is 0. The summed E-state index contributed by atoms with van der Waals surface area (Å²) >= 11 is 0. The van der Waals surface area contributed by atoms with E-state index in [2.05, 4.69) is 0 Å². The van der Waals surface area contributed by atoms with Crippen LogP contribution in [-0.2, 0) is 14.3 Å². The van der Waals surface area contributed by atoms with Crippen LogP contribution in [-0.4, -0.2) is 19.2 Å². The number of rotatable bonds is 1. The molecule has 0 aromatic carbocycles. The van der Waals surface area contributed by atoms with Gasteiger partial charge in [-0.25, -0.2) is 0 Å². The number of carbonyl (C=O) groups excluding carboxylic acids is 1. The fourth-order valence-electron chi connectivity index (χ4n) is 1.39. The summed E-state index contributed by atoms with van der Waals surface area (Å²) < 4.78 is 10.1. The van der Waals surface area contributed by atoms with Gasteiger partial charge < -0.3 is 9.47 Å². The Morgan fingerprint density at radius 1 is 1.54 bits per heavy atom. The van der Waals surface area contributed by atoms with Crippen LogP contribution >= 0.6 is 0 Å². The maximum absolute atomic E-state index is 11.0. The lowest BCUT2D eigenvalue weighted by atomic mass is 10.0. The lowest BCUT2D eigenvalue weighted by Gasteiger charge is -2.22. The van der Waals surface area contributed by atoms with Gasteiger partial charge in [-0.2, -0.15) is 0 Å². The van der Waals surface area contributed by atoms with Gasteiger partial charge in [0.15, 0.2) is 0 Å². The number of hydrogen-bond donors (Lipinski definition) is 0. The van der Waals surface area contributed by atoms with Crippen molar-refractivity contribution in [2.24, 2.45) is 0 Å². The van der Waals surface area contributed by atoms with Crippen LogP contribution in [0.3, 0.4) is 0 Å². The molecule has 1 aliphatic heterocycles. The molecule has 0 aromatic heterocycles. The second-order valence-electron chi connectivity index (χ2n) is 2.93. The zero-order valence-electron chi connectivity index (χ0n) is 7.32. The van der Waals surface area contributed by atoms with Crippen LogP contribution in [0.1, 0.15) is 6.42 Å². The topological polar surface area (TPSA) is 35.5 Å². The largest absolute Gasteiger partial charge is 0.497 e. The van der Waals surface area contributed by atoms with Gasteiger partial charge in [0.25, 0.3) is 0 Å². The van der Waals surface area contributed by atoms with Crippen molar-refractivity contribution in [1.82, 2.24) is 0 Å². The van der Waals surface area contributed by atoms with Crippen LogP contribution in [0.4, 0.5) is 0 Å². The number of carbonyl (C=O) groups is 1. The molecule has 3 heteroatoms. The smallest absolute Gasteiger partial charge is 0.310 e. The van der Waals surface area contributed by atoms with Crippen molar-refractivity contribution in [3.05, 3.63) is 35.6 Å². The van der Waals surface area contributed by atoms with Crippen molar-refractivity contribution in [2.75, 3.05) is 7.11 Å². The van der Waals surface area contributed by atoms with Gasteiger partial charge in [0.2, 0.25) is 0 Å². The maximum atomic E-state index is 11.0. The number of methoxy groups -OCH3 is 1. The Bertz CT molecular complexity index is 323. The van der Waals surface area contributed by atoms with Gasteiger partial charge in [-0.1, -0.05) is 12.2 Å². The van der Waals surface area contributed by atoms with Gasteiger partial charge >= 0.3 is 5.97 Å². The van der Waals surface area contributed by atoms with E-state index in [4.69, 9.17) is 9.47 Å². The molecule has 13 heavy (non-hydrogen) atoms. The van der Waals surface area contributed by atoms with Crippen molar-refractivity contribution in [3.63, 3.8) is 0 Å². The van der Waals surface area contributed by atoms with Crippen LogP contribution < -0.4 is 0 Å². The molecule has 3 nitrogen and oxygen atoms in total. The van der Waals surface area contributed by atoms with Gasteiger partial charge in [0.1, 0.15) is 11.9 Å². The standard InChI is InChI=1S/C10H10O3/c1-12-8-4-2-7-3-5-10(11)13-9(7)6-8/h2-4,6,9H,5H2,1H3. The van der Waals surface area contributed by atoms with Gasteiger partial charge in [-0.05, 0) is 11.6 Å². The monoisotopic (exact) mass is 178 g/mol. The average molecular weight is 178 g/mol. The Labute approximate surface area is 76.3 Å². The molecule has 1 heterocycles. The molecule has 0 saturated heterocycles. The SMILES string of the molecule is COC1=CC2OC(=O)CC=C2C=C1. The van der Waals surface area contributed by atoms with E-state index in [1.807, 2.05) is 18.2 Å². The van der Waals surface area contributed by atoms with E-state index in [9.17, 15) is 4.79 Å². The van der Waals surface area contributed by atoms with Crippen LogP contribution in [0.25, 0.3) is 0 Å². The average Bonchev–Trinajstić information content (AvgIpc) is 2.16. The minimum absolute atomic E-state index is 0.184. The third kappa shape index (κ3) is 1.49. The van der Waals surface area contributed by atoms with Crippen LogP contribution in [0.5, 0.6) is 0 Å². The molecule has 2 rings (SSSR count). The molecule has 0 aromatic rings. The van der Waals surface area contributed by atoms with E-state index in [0.29, 0.717) is 6.42 Å². The molecule has 1 atom stereocenters. The predicted molar refractivity (Wildman–Crippen MR) is 46.8 cm³/mol. The number of hydrogen-bond acceptors (Lipinski definition) is 3. The Morgan fingerprint density at radius 2 is 2.38 bits per heavy atom. The lowest BCUT2D eigenvalue weighted by Crippen LogP contribution is -2.23. The Balaban J connectivity index is 2.26. The van der Waals surface area contributed by atoms with Crippen molar-refractivity contribution in [1.29, 1.82) is 0 Å². The van der Waals surface area contributed by atoms with Gasteiger partial charge in [-0.3, -0.25) is 4.79 Å². The fourth-order valence-corrected chi connectivity index (χ4v) is 1.39. The Morgan fingerprint density at radius 3 is 3.15 bits per heavy atom. The first kappa shape index (κ1) is 8.10. The summed E-state index contributed by atoms with van der Waals surface area (Å²) in [4.78, 5) is 11.0. The third-order valence-corrected chi connectivity index (χ3v) is 2.08. The fraction of sp³-hybridized carbons (Fsp3) is 0.300. The number of ether oxygens (including phenoxy) is 2. The number of esters is 1. The highest BCUT2D eigenvalue weighted by atomic mass is 16.5. The van der Waals surface area contributed by atoms with Crippen molar-refractivity contribution >= 4 is 5.97 Å². The summed E-state index contributed by atoms with van der Waals surface area (Å²) in [5.74, 6) is 0.549. The summed E-state index contributed by atoms with van der Waals surface area (Å²) in [7, 11) is 1.59. The van der Waals surface area contributed by atoms with E-state index in [0.717, 1.165) is 11.3 Å². The minimum Gasteiger partial charge on any atom is -0.497 e. The minimum atomic E-state index is -0.249. The molecule has 0 bridgehead atoms.